The molecular formula is C9H16N2O4. The molecule has 0 aliphatic heterocycles. The van der Waals surface area contributed by atoms with Crippen LogP contribution in [0.25, 0.3) is 0 Å². The zero-order valence-corrected chi connectivity index (χ0v) is 9.07. The molecule has 1 unspecified atom stereocenters. The Bertz CT molecular complexity index is 263. The molecule has 0 heterocycles. The maximum absolute atomic E-state index is 11.6. The Kier molecular flexibility index (Phi) is 5.36. The van der Waals surface area contributed by atoms with Crippen molar-refractivity contribution < 1.29 is 19.1 Å². The van der Waals surface area contributed by atoms with Gasteiger partial charge in [-0.3, -0.25) is 9.59 Å². The number of hydrogen-bond donors (Lipinski definition) is 2. The largest absolute Gasteiger partial charge is 0.453 e. The smallest absolute Gasteiger partial charge is 0.407 e. The summed E-state index contributed by atoms with van der Waals surface area (Å²) in [7, 11) is 1.18. The molecule has 0 saturated heterocycles. The van der Waals surface area contributed by atoms with Gasteiger partial charge in [-0.25, -0.2) is 4.79 Å². The zero-order valence-electron chi connectivity index (χ0n) is 9.07. The highest BCUT2D eigenvalue weighted by molar-refractivity contribution is 5.92. The number of ketones is 1. The number of nitrogens with one attached hydrogen (secondary N) is 1. The Morgan fingerprint density at radius 1 is 1.33 bits per heavy atom. The number of alkyl carbamates (subject to hydrolysis) is 1. The van der Waals surface area contributed by atoms with Crippen LogP contribution in [-0.4, -0.2) is 30.9 Å². The van der Waals surface area contributed by atoms with Gasteiger partial charge in [0.25, 0.3) is 0 Å². The van der Waals surface area contributed by atoms with Crippen molar-refractivity contribution in [3.63, 3.8) is 0 Å². The Labute approximate surface area is 88.1 Å². The molecule has 3 N–H and O–H groups in total. The third-order valence-electron chi connectivity index (χ3n) is 1.80. The normalized spacial score (nSPS) is 12.0. The number of methoxy groups -OCH3 is 1. The van der Waals surface area contributed by atoms with Gasteiger partial charge in [-0.1, -0.05) is 13.8 Å². The molecule has 6 heteroatoms. The van der Waals surface area contributed by atoms with Crippen molar-refractivity contribution in [1.82, 2.24) is 5.32 Å². The lowest BCUT2D eigenvalue weighted by Gasteiger charge is -2.17. The molecule has 0 aliphatic carbocycles. The van der Waals surface area contributed by atoms with Gasteiger partial charge in [-0.15, -0.1) is 0 Å². The SMILES string of the molecule is COC(=O)NC(CC(N)=O)C(=O)C(C)C. The van der Waals surface area contributed by atoms with Crippen LogP contribution < -0.4 is 11.1 Å². The molecular weight excluding hydrogens is 200 g/mol. The Morgan fingerprint density at radius 2 is 1.87 bits per heavy atom. The Morgan fingerprint density at radius 3 is 2.20 bits per heavy atom. The molecule has 2 amide bonds. The summed E-state index contributed by atoms with van der Waals surface area (Å²) in [5.74, 6) is -1.18. The first-order valence-corrected chi connectivity index (χ1v) is 4.55. The molecule has 0 bridgehead atoms. The lowest BCUT2D eigenvalue weighted by Crippen LogP contribution is -2.44. The fourth-order valence-corrected chi connectivity index (χ4v) is 1.03. The van der Waals surface area contributed by atoms with E-state index in [0.29, 0.717) is 0 Å². The minimum absolute atomic E-state index is 0.216. The van der Waals surface area contributed by atoms with Crippen LogP contribution in [0.5, 0.6) is 0 Å². The van der Waals surface area contributed by atoms with E-state index in [4.69, 9.17) is 5.73 Å². The van der Waals surface area contributed by atoms with E-state index in [1.165, 1.54) is 7.11 Å². The fraction of sp³-hybridized carbons (Fsp3) is 0.667. The summed E-state index contributed by atoms with van der Waals surface area (Å²) in [4.78, 5) is 33.1. The van der Waals surface area contributed by atoms with E-state index >= 15 is 0 Å². The fourth-order valence-electron chi connectivity index (χ4n) is 1.03. The van der Waals surface area contributed by atoms with Crippen LogP contribution in [0.4, 0.5) is 4.79 Å². The number of carbonyl (C=O) groups excluding carboxylic acids is 3. The van der Waals surface area contributed by atoms with Crippen molar-refractivity contribution in [3.8, 4) is 0 Å². The molecule has 86 valence electrons. The first kappa shape index (κ1) is 13.4. The number of carbonyl (C=O) groups is 3. The Balaban J connectivity index is 4.50. The van der Waals surface area contributed by atoms with Crippen LogP contribution in [0.15, 0.2) is 0 Å². The van der Waals surface area contributed by atoms with E-state index in [9.17, 15) is 14.4 Å². The standard InChI is InChI=1S/C9H16N2O4/c1-5(2)8(13)6(4-7(10)12)11-9(14)15-3/h5-6H,4H2,1-3H3,(H2,10,12)(H,11,14). The minimum atomic E-state index is -0.907. The molecule has 0 spiro atoms. The van der Waals surface area contributed by atoms with Crippen LogP contribution in [-0.2, 0) is 14.3 Å². The summed E-state index contributed by atoms with van der Waals surface area (Å²) >= 11 is 0. The molecule has 0 saturated carbocycles. The Hall–Kier alpha value is -1.59. The third-order valence-corrected chi connectivity index (χ3v) is 1.80. The van der Waals surface area contributed by atoms with Gasteiger partial charge < -0.3 is 15.8 Å². The van der Waals surface area contributed by atoms with E-state index in [0.717, 1.165) is 0 Å². The highest BCUT2D eigenvalue weighted by atomic mass is 16.5. The second-order valence-electron chi connectivity index (χ2n) is 3.42. The summed E-state index contributed by atoms with van der Waals surface area (Å²) in [6.45, 7) is 3.35. The van der Waals surface area contributed by atoms with Crippen LogP contribution in [0, 0.1) is 5.92 Å². The van der Waals surface area contributed by atoms with Crippen molar-refractivity contribution in [3.05, 3.63) is 0 Å². The highest BCUT2D eigenvalue weighted by Crippen LogP contribution is 2.03. The van der Waals surface area contributed by atoms with Crippen molar-refractivity contribution in [2.24, 2.45) is 11.7 Å². The van der Waals surface area contributed by atoms with Crippen LogP contribution in [0.1, 0.15) is 20.3 Å². The number of nitrogens with two attached hydrogens (primary N) is 1. The van der Waals surface area contributed by atoms with Gasteiger partial charge in [0.05, 0.1) is 19.6 Å². The molecule has 0 rings (SSSR count). The number of rotatable bonds is 5. The average molecular weight is 216 g/mol. The van der Waals surface area contributed by atoms with Crippen LogP contribution in [0.2, 0.25) is 0 Å². The number of amides is 2. The van der Waals surface area contributed by atoms with Crippen molar-refractivity contribution >= 4 is 17.8 Å². The van der Waals surface area contributed by atoms with Crippen molar-refractivity contribution in [1.29, 1.82) is 0 Å². The van der Waals surface area contributed by atoms with E-state index in [1.54, 1.807) is 13.8 Å². The summed E-state index contributed by atoms with van der Waals surface area (Å²) in [5.41, 5.74) is 4.97. The van der Waals surface area contributed by atoms with E-state index in [2.05, 4.69) is 10.1 Å². The number of primary amides is 1. The number of hydrogen-bond acceptors (Lipinski definition) is 4. The molecule has 6 nitrogen and oxygen atoms in total. The molecule has 0 aromatic rings. The molecule has 15 heavy (non-hydrogen) atoms. The molecule has 0 aromatic carbocycles. The topological polar surface area (TPSA) is 98.5 Å². The highest BCUT2D eigenvalue weighted by Gasteiger charge is 2.24. The summed E-state index contributed by atoms with van der Waals surface area (Å²) < 4.78 is 4.34. The van der Waals surface area contributed by atoms with Crippen LogP contribution >= 0.6 is 0 Å². The van der Waals surface area contributed by atoms with E-state index in [1.807, 2.05) is 0 Å². The van der Waals surface area contributed by atoms with Crippen molar-refractivity contribution in [2.45, 2.75) is 26.3 Å². The van der Waals surface area contributed by atoms with Gasteiger partial charge in [0.2, 0.25) is 5.91 Å². The number of ether oxygens (including phenoxy) is 1. The quantitative estimate of drug-likeness (QED) is 0.665. The summed E-state index contributed by atoms with van der Waals surface area (Å²) in [6, 6.07) is -0.907. The molecule has 0 aromatic heterocycles. The van der Waals surface area contributed by atoms with Gasteiger partial charge in [-0.2, -0.15) is 0 Å². The van der Waals surface area contributed by atoms with Crippen LogP contribution in [0.3, 0.4) is 0 Å². The maximum Gasteiger partial charge on any atom is 0.407 e. The first-order chi connectivity index (χ1) is 6.88. The lowest BCUT2D eigenvalue weighted by atomic mass is 9.99. The van der Waals surface area contributed by atoms with Crippen molar-refractivity contribution in [2.75, 3.05) is 7.11 Å². The average Bonchev–Trinajstić information content (AvgIpc) is 2.14. The first-order valence-electron chi connectivity index (χ1n) is 4.55. The van der Waals surface area contributed by atoms with Gasteiger partial charge in [-0.05, 0) is 0 Å². The van der Waals surface area contributed by atoms with E-state index in [-0.39, 0.29) is 18.1 Å². The van der Waals surface area contributed by atoms with Gasteiger partial charge in [0, 0.05) is 5.92 Å². The molecule has 0 radical (unpaired) electrons. The predicted molar refractivity (Wildman–Crippen MR) is 53.0 cm³/mol. The lowest BCUT2D eigenvalue weighted by molar-refractivity contribution is -0.127. The monoisotopic (exact) mass is 216 g/mol. The third kappa shape index (κ3) is 4.99. The van der Waals surface area contributed by atoms with E-state index < -0.39 is 18.0 Å². The maximum atomic E-state index is 11.6. The number of Topliss-reactive ketones (excluding diaryl/α,β-unsaturated/α-hetero) is 1. The summed E-state index contributed by atoms with van der Waals surface area (Å²) in [5, 5.41) is 2.27. The second kappa shape index (κ2) is 6.00. The zero-order chi connectivity index (χ0) is 12.0. The molecule has 0 aliphatic rings. The van der Waals surface area contributed by atoms with Gasteiger partial charge in [0.1, 0.15) is 0 Å². The predicted octanol–water partition coefficient (Wildman–Crippen LogP) is -0.189. The summed E-state index contributed by atoms with van der Waals surface area (Å²) in [6.07, 6.45) is -0.971. The molecule has 0 fully saturated rings. The van der Waals surface area contributed by atoms with Gasteiger partial charge in [0.15, 0.2) is 5.78 Å². The second-order valence-corrected chi connectivity index (χ2v) is 3.42. The minimum Gasteiger partial charge on any atom is -0.453 e. The molecule has 1 atom stereocenters. The van der Waals surface area contributed by atoms with Gasteiger partial charge >= 0.3 is 6.09 Å².